The molecule has 1 aliphatic rings. The van der Waals surface area contributed by atoms with Crippen LogP contribution in [0.25, 0.3) is 10.8 Å². The van der Waals surface area contributed by atoms with E-state index in [-0.39, 0.29) is 0 Å². The predicted octanol–water partition coefficient (Wildman–Crippen LogP) is 2.94. The first-order chi connectivity index (χ1) is 7.38. The van der Waals surface area contributed by atoms with Gasteiger partial charge in [-0.05, 0) is 34.6 Å². The smallest absolute Gasteiger partial charge is 0.0465 e. The van der Waals surface area contributed by atoms with Crippen LogP contribution in [0.4, 0.5) is 0 Å². The van der Waals surface area contributed by atoms with Crippen molar-refractivity contribution in [3.63, 3.8) is 0 Å². The standard InChI is InChI=1S/C14H14O/c15-9-13-8-14(13)12-6-5-10-3-1-2-4-11(10)7-12/h1-7,13-15H,8-9H2. The number of hydrogen-bond acceptors (Lipinski definition) is 1. The highest BCUT2D eigenvalue weighted by atomic mass is 16.3. The maximum Gasteiger partial charge on any atom is 0.0465 e. The summed E-state index contributed by atoms with van der Waals surface area (Å²) in [6.07, 6.45) is 1.15. The van der Waals surface area contributed by atoms with Gasteiger partial charge >= 0.3 is 0 Å². The second kappa shape index (κ2) is 3.35. The Labute approximate surface area is 89.4 Å². The number of hydrogen-bond donors (Lipinski definition) is 1. The number of rotatable bonds is 2. The maximum absolute atomic E-state index is 9.05. The van der Waals surface area contributed by atoms with Crippen LogP contribution in [0.2, 0.25) is 0 Å². The Hall–Kier alpha value is -1.34. The van der Waals surface area contributed by atoms with Crippen LogP contribution in [-0.4, -0.2) is 11.7 Å². The molecule has 2 aromatic carbocycles. The monoisotopic (exact) mass is 198 g/mol. The fourth-order valence-corrected chi connectivity index (χ4v) is 2.30. The van der Waals surface area contributed by atoms with E-state index in [1.54, 1.807) is 0 Å². The number of benzene rings is 2. The van der Waals surface area contributed by atoms with Gasteiger partial charge in [-0.25, -0.2) is 0 Å². The van der Waals surface area contributed by atoms with Crippen molar-refractivity contribution in [3.8, 4) is 0 Å². The van der Waals surface area contributed by atoms with Crippen molar-refractivity contribution < 1.29 is 5.11 Å². The molecule has 2 atom stereocenters. The number of aliphatic hydroxyl groups excluding tert-OH is 1. The summed E-state index contributed by atoms with van der Waals surface area (Å²) in [4.78, 5) is 0. The summed E-state index contributed by atoms with van der Waals surface area (Å²) in [5, 5.41) is 11.6. The zero-order chi connectivity index (χ0) is 10.3. The fourth-order valence-electron chi connectivity index (χ4n) is 2.30. The predicted molar refractivity (Wildman–Crippen MR) is 61.9 cm³/mol. The second-order valence-corrected chi connectivity index (χ2v) is 4.39. The van der Waals surface area contributed by atoms with Gasteiger partial charge in [0.25, 0.3) is 0 Å². The molecule has 0 aliphatic heterocycles. The Morgan fingerprint density at radius 3 is 2.60 bits per heavy atom. The van der Waals surface area contributed by atoms with Crippen LogP contribution in [0.5, 0.6) is 0 Å². The van der Waals surface area contributed by atoms with Gasteiger partial charge in [0.1, 0.15) is 0 Å². The molecule has 1 heteroatoms. The van der Waals surface area contributed by atoms with Crippen LogP contribution in [0.3, 0.4) is 0 Å². The van der Waals surface area contributed by atoms with Crippen LogP contribution >= 0.6 is 0 Å². The van der Waals surface area contributed by atoms with E-state index in [1.807, 2.05) is 0 Å². The lowest BCUT2D eigenvalue weighted by atomic mass is 10.0. The van der Waals surface area contributed by atoms with E-state index in [1.165, 1.54) is 16.3 Å². The normalized spacial score (nSPS) is 24.3. The van der Waals surface area contributed by atoms with Crippen molar-refractivity contribution in [2.45, 2.75) is 12.3 Å². The lowest BCUT2D eigenvalue weighted by molar-refractivity contribution is 0.274. The molecule has 1 N–H and O–H groups in total. The lowest BCUT2D eigenvalue weighted by Gasteiger charge is -2.02. The summed E-state index contributed by atoms with van der Waals surface area (Å²) >= 11 is 0. The quantitative estimate of drug-likeness (QED) is 0.786. The first kappa shape index (κ1) is 8.93. The Kier molecular flexibility index (Phi) is 2.00. The third-order valence-electron chi connectivity index (χ3n) is 3.36. The zero-order valence-corrected chi connectivity index (χ0v) is 8.56. The number of fused-ring (bicyclic) bond motifs is 1. The van der Waals surface area contributed by atoms with Gasteiger partial charge in [0, 0.05) is 6.61 Å². The van der Waals surface area contributed by atoms with Crippen molar-refractivity contribution in [1.82, 2.24) is 0 Å². The minimum Gasteiger partial charge on any atom is -0.396 e. The zero-order valence-electron chi connectivity index (χ0n) is 8.56. The molecule has 76 valence electrons. The summed E-state index contributed by atoms with van der Waals surface area (Å²) in [5.74, 6) is 1.10. The molecule has 3 rings (SSSR count). The lowest BCUT2D eigenvalue weighted by Crippen LogP contribution is -1.88. The van der Waals surface area contributed by atoms with E-state index >= 15 is 0 Å². The van der Waals surface area contributed by atoms with Gasteiger partial charge < -0.3 is 5.11 Å². The molecule has 0 aromatic heterocycles. The largest absolute Gasteiger partial charge is 0.396 e. The SMILES string of the molecule is OCC1CC1c1ccc2ccccc2c1. The highest BCUT2D eigenvalue weighted by Gasteiger charge is 2.37. The van der Waals surface area contributed by atoms with Crippen molar-refractivity contribution in [2.24, 2.45) is 5.92 Å². The average Bonchev–Trinajstić information content (AvgIpc) is 3.08. The molecule has 0 spiro atoms. The molecule has 15 heavy (non-hydrogen) atoms. The Balaban J connectivity index is 2.00. The molecule has 1 fully saturated rings. The molecular weight excluding hydrogens is 184 g/mol. The first-order valence-electron chi connectivity index (χ1n) is 5.48. The molecular formula is C14H14O. The van der Waals surface area contributed by atoms with Crippen LogP contribution in [-0.2, 0) is 0 Å². The molecule has 0 saturated heterocycles. The maximum atomic E-state index is 9.05. The molecule has 1 nitrogen and oxygen atoms in total. The van der Waals surface area contributed by atoms with Crippen molar-refractivity contribution in [2.75, 3.05) is 6.61 Å². The van der Waals surface area contributed by atoms with E-state index in [9.17, 15) is 0 Å². The van der Waals surface area contributed by atoms with Gasteiger partial charge in [0.05, 0.1) is 0 Å². The third kappa shape index (κ3) is 1.53. The molecule has 0 heterocycles. The second-order valence-electron chi connectivity index (χ2n) is 4.39. The van der Waals surface area contributed by atoms with Gasteiger partial charge in [-0.3, -0.25) is 0 Å². The van der Waals surface area contributed by atoms with Gasteiger partial charge in [-0.15, -0.1) is 0 Å². The minimum atomic E-state index is 0.331. The van der Waals surface area contributed by atoms with Crippen LogP contribution in [0.15, 0.2) is 42.5 Å². The van der Waals surface area contributed by atoms with Gasteiger partial charge in [0.2, 0.25) is 0 Å². The first-order valence-corrected chi connectivity index (χ1v) is 5.48. The summed E-state index contributed by atoms with van der Waals surface area (Å²) in [5.41, 5.74) is 1.38. The van der Waals surface area contributed by atoms with Crippen molar-refractivity contribution in [1.29, 1.82) is 0 Å². The number of aliphatic hydroxyl groups is 1. The Morgan fingerprint density at radius 2 is 1.87 bits per heavy atom. The van der Waals surface area contributed by atoms with E-state index in [4.69, 9.17) is 5.11 Å². The minimum absolute atomic E-state index is 0.331. The highest BCUT2D eigenvalue weighted by molar-refractivity contribution is 5.83. The summed E-state index contributed by atoms with van der Waals surface area (Å²) < 4.78 is 0. The molecule has 2 unspecified atom stereocenters. The van der Waals surface area contributed by atoms with E-state index in [0.717, 1.165) is 6.42 Å². The molecule has 2 aromatic rings. The topological polar surface area (TPSA) is 20.2 Å². The van der Waals surface area contributed by atoms with Crippen LogP contribution < -0.4 is 0 Å². The molecule has 0 bridgehead atoms. The van der Waals surface area contributed by atoms with Crippen LogP contribution in [0.1, 0.15) is 17.9 Å². The molecule has 1 saturated carbocycles. The molecule has 0 amide bonds. The van der Waals surface area contributed by atoms with Crippen LogP contribution in [0, 0.1) is 5.92 Å². The third-order valence-corrected chi connectivity index (χ3v) is 3.36. The Morgan fingerprint density at radius 1 is 1.07 bits per heavy atom. The van der Waals surface area contributed by atoms with Crippen molar-refractivity contribution in [3.05, 3.63) is 48.0 Å². The van der Waals surface area contributed by atoms with Gasteiger partial charge in [-0.1, -0.05) is 42.5 Å². The van der Waals surface area contributed by atoms with Crippen molar-refractivity contribution >= 4 is 10.8 Å². The van der Waals surface area contributed by atoms with E-state index in [0.29, 0.717) is 18.4 Å². The summed E-state index contributed by atoms with van der Waals surface area (Å²) in [6, 6.07) is 15.1. The summed E-state index contributed by atoms with van der Waals surface area (Å²) in [7, 11) is 0. The summed E-state index contributed by atoms with van der Waals surface area (Å²) in [6.45, 7) is 0.331. The average molecular weight is 198 g/mol. The van der Waals surface area contributed by atoms with E-state index < -0.39 is 0 Å². The fraction of sp³-hybridized carbons (Fsp3) is 0.286. The Bertz CT molecular complexity index is 489. The highest BCUT2D eigenvalue weighted by Crippen LogP contribution is 2.47. The molecule has 0 radical (unpaired) electrons. The van der Waals surface area contributed by atoms with Gasteiger partial charge in [-0.2, -0.15) is 0 Å². The molecule has 1 aliphatic carbocycles. The van der Waals surface area contributed by atoms with E-state index in [2.05, 4.69) is 42.5 Å². The van der Waals surface area contributed by atoms with Gasteiger partial charge in [0.15, 0.2) is 0 Å².